The Bertz CT molecular complexity index is 609. The van der Waals surface area contributed by atoms with Gasteiger partial charge >= 0.3 is 6.03 Å². The quantitative estimate of drug-likeness (QED) is 0.322. The molecule has 9 nitrogen and oxygen atoms in total. The van der Waals surface area contributed by atoms with E-state index in [-0.39, 0.29) is 25.0 Å². The first-order valence-electron chi connectivity index (χ1n) is 8.83. The SMILES string of the molecule is COc1cc(CNC(N)=O)ccc1OCC(O)CNCCNC(=O)C(C)C. The molecule has 0 fully saturated rings. The molecule has 1 aromatic carbocycles. The van der Waals surface area contributed by atoms with E-state index in [0.717, 1.165) is 5.56 Å². The minimum atomic E-state index is -0.716. The second-order valence-electron chi connectivity index (χ2n) is 6.32. The standard InChI is InChI=1S/C18H30N4O5/c1-12(2)17(24)21-7-6-20-10-14(23)11-27-15-5-4-13(8-16(15)26-3)9-22-18(19)25/h4-5,8,12,14,20,23H,6-7,9-11H2,1-3H3,(H,21,24)(H3,19,22,25). The van der Waals surface area contributed by atoms with Gasteiger partial charge in [0, 0.05) is 32.1 Å². The number of aliphatic hydroxyl groups excluding tert-OH is 1. The molecule has 1 unspecified atom stereocenters. The summed E-state index contributed by atoms with van der Waals surface area (Å²) < 4.78 is 10.9. The minimum Gasteiger partial charge on any atom is -0.493 e. The number of ether oxygens (including phenoxy) is 2. The van der Waals surface area contributed by atoms with Gasteiger partial charge in [0.1, 0.15) is 12.7 Å². The molecule has 6 N–H and O–H groups in total. The van der Waals surface area contributed by atoms with Crippen molar-refractivity contribution in [3.05, 3.63) is 23.8 Å². The third-order valence-electron chi connectivity index (χ3n) is 3.63. The summed E-state index contributed by atoms with van der Waals surface area (Å²) in [7, 11) is 1.51. The highest BCUT2D eigenvalue weighted by molar-refractivity contribution is 5.77. The molecule has 0 spiro atoms. The summed E-state index contributed by atoms with van der Waals surface area (Å²) in [4.78, 5) is 22.2. The number of hydrogen-bond acceptors (Lipinski definition) is 6. The molecule has 3 amide bonds. The van der Waals surface area contributed by atoms with Crippen LogP contribution in [0.4, 0.5) is 4.79 Å². The lowest BCUT2D eigenvalue weighted by molar-refractivity contribution is -0.123. The zero-order chi connectivity index (χ0) is 20.2. The van der Waals surface area contributed by atoms with Crippen LogP contribution in [0, 0.1) is 5.92 Å². The average Bonchev–Trinajstić information content (AvgIpc) is 2.64. The Balaban J connectivity index is 2.34. The summed E-state index contributed by atoms with van der Waals surface area (Å²) >= 11 is 0. The van der Waals surface area contributed by atoms with E-state index in [1.807, 2.05) is 13.8 Å². The van der Waals surface area contributed by atoms with Gasteiger partial charge in [-0.05, 0) is 17.7 Å². The monoisotopic (exact) mass is 382 g/mol. The zero-order valence-electron chi connectivity index (χ0n) is 16.1. The van der Waals surface area contributed by atoms with Gasteiger partial charge < -0.3 is 36.3 Å². The number of benzene rings is 1. The molecule has 152 valence electrons. The van der Waals surface area contributed by atoms with Crippen LogP contribution in [0.15, 0.2) is 18.2 Å². The lowest BCUT2D eigenvalue weighted by Crippen LogP contribution is -2.38. The Morgan fingerprint density at radius 1 is 1.19 bits per heavy atom. The molecule has 1 aromatic rings. The summed E-state index contributed by atoms with van der Waals surface area (Å²) in [5, 5.41) is 18.3. The molecular weight excluding hydrogens is 352 g/mol. The van der Waals surface area contributed by atoms with E-state index in [0.29, 0.717) is 31.1 Å². The van der Waals surface area contributed by atoms with Gasteiger partial charge in [-0.2, -0.15) is 0 Å². The van der Waals surface area contributed by atoms with Crippen LogP contribution in [0.25, 0.3) is 0 Å². The van der Waals surface area contributed by atoms with Gasteiger partial charge in [0.25, 0.3) is 0 Å². The fourth-order valence-corrected chi connectivity index (χ4v) is 2.12. The number of amides is 3. The Morgan fingerprint density at radius 2 is 1.93 bits per heavy atom. The number of hydrogen-bond donors (Lipinski definition) is 5. The van der Waals surface area contributed by atoms with Gasteiger partial charge in [-0.3, -0.25) is 4.79 Å². The molecule has 0 heterocycles. The number of methoxy groups -OCH3 is 1. The molecule has 0 saturated carbocycles. The van der Waals surface area contributed by atoms with E-state index < -0.39 is 12.1 Å². The number of aliphatic hydroxyl groups is 1. The van der Waals surface area contributed by atoms with E-state index in [4.69, 9.17) is 15.2 Å². The Labute approximate surface area is 159 Å². The number of carbonyl (C=O) groups is 2. The second kappa shape index (κ2) is 12.0. The van der Waals surface area contributed by atoms with Gasteiger partial charge in [0.05, 0.1) is 7.11 Å². The molecule has 0 aliphatic rings. The third kappa shape index (κ3) is 9.11. The van der Waals surface area contributed by atoms with E-state index >= 15 is 0 Å². The Morgan fingerprint density at radius 3 is 2.56 bits per heavy atom. The molecule has 1 atom stereocenters. The first-order chi connectivity index (χ1) is 12.8. The predicted molar refractivity (Wildman–Crippen MR) is 102 cm³/mol. The van der Waals surface area contributed by atoms with Crippen molar-refractivity contribution in [1.29, 1.82) is 0 Å². The molecule has 0 radical (unpaired) electrons. The van der Waals surface area contributed by atoms with E-state index in [1.165, 1.54) is 7.11 Å². The highest BCUT2D eigenvalue weighted by Crippen LogP contribution is 2.28. The zero-order valence-corrected chi connectivity index (χ0v) is 16.1. The van der Waals surface area contributed by atoms with Crippen LogP contribution in [0.2, 0.25) is 0 Å². The van der Waals surface area contributed by atoms with Crippen molar-refractivity contribution in [2.24, 2.45) is 11.7 Å². The number of urea groups is 1. The van der Waals surface area contributed by atoms with Crippen molar-refractivity contribution in [1.82, 2.24) is 16.0 Å². The first kappa shape index (κ1) is 22.5. The van der Waals surface area contributed by atoms with Crippen LogP contribution in [-0.4, -0.2) is 56.5 Å². The molecule has 9 heteroatoms. The van der Waals surface area contributed by atoms with E-state index in [2.05, 4.69) is 16.0 Å². The number of rotatable bonds is 12. The number of carbonyl (C=O) groups excluding carboxylic acids is 2. The van der Waals surface area contributed by atoms with Crippen molar-refractivity contribution < 1.29 is 24.2 Å². The summed E-state index contributed by atoms with van der Waals surface area (Å²) in [5.74, 6) is 0.943. The van der Waals surface area contributed by atoms with Crippen molar-refractivity contribution in [3.63, 3.8) is 0 Å². The molecule has 1 rings (SSSR count). The lowest BCUT2D eigenvalue weighted by atomic mass is 10.2. The maximum Gasteiger partial charge on any atom is 0.312 e. The first-order valence-corrected chi connectivity index (χ1v) is 8.83. The molecule has 27 heavy (non-hydrogen) atoms. The van der Waals surface area contributed by atoms with Gasteiger partial charge in [0.15, 0.2) is 11.5 Å². The number of nitrogens with two attached hydrogens (primary N) is 1. The number of primary amides is 1. The summed E-state index contributed by atoms with van der Waals surface area (Å²) in [5.41, 5.74) is 5.86. The molecular formula is C18H30N4O5. The average molecular weight is 382 g/mol. The van der Waals surface area contributed by atoms with Crippen molar-refractivity contribution in [2.45, 2.75) is 26.5 Å². The highest BCUT2D eigenvalue weighted by atomic mass is 16.5. The second-order valence-corrected chi connectivity index (χ2v) is 6.32. The molecule has 0 saturated heterocycles. The maximum absolute atomic E-state index is 11.4. The molecule has 0 aliphatic heterocycles. The summed E-state index contributed by atoms with van der Waals surface area (Å²) in [6.07, 6.45) is -0.716. The molecule has 0 bridgehead atoms. The molecule has 0 aliphatic carbocycles. The third-order valence-corrected chi connectivity index (χ3v) is 3.63. The van der Waals surface area contributed by atoms with Gasteiger partial charge in [-0.25, -0.2) is 4.79 Å². The summed E-state index contributed by atoms with van der Waals surface area (Å²) in [6, 6.07) is 4.61. The van der Waals surface area contributed by atoms with Gasteiger partial charge in [-0.1, -0.05) is 19.9 Å². The maximum atomic E-state index is 11.4. The Hall–Kier alpha value is -2.52. The van der Waals surface area contributed by atoms with Crippen LogP contribution >= 0.6 is 0 Å². The smallest absolute Gasteiger partial charge is 0.312 e. The van der Waals surface area contributed by atoms with E-state index in [1.54, 1.807) is 18.2 Å². The van der Waals surface area contributed by atoms with Crippen molar-refractivity contribution in [3.8, 4) is 11.5 Å². The largest absolute Gasteiger partial charge is 0.493 e. The van der Waals surface area contributed by atoms with Crippen LogP contribution < -0.4 is 31.2 Å². The van der Waals surface area contributed by atoms with Gasteiger partial charge in [-0.15, -0.1) is 0 Å². The van der Waals surface area contributed by atoms with Crippen LogP contribution in [0.1, 0.15) is 19.4 Å². The normalized spacial score (nSPS) is 11.7. The van der Waals surface area contributed by atoms with Crippen molar-refractivity contribution in [2.75, 3.05) is 33.4 Å². The minimum absolute atomic E-state index is 0.00209. The lowest BCUT2D eigenvalue weighted by Gasteiger charge is -2.16. The number of nitrogens with one attached hydrogen (secondary N) is 3. The van der Waals surface area contributed by atoms with Crippen LogP contribution in [-0.2, 0) is 11.3 Å². The fourth-order valence-electron chi connectivity index (χ4n) is 2.12. The topological polar surface area (TPSA) is 135 Å². The summed E-state index contributed by atoms with van der Waals surface area (Å²) in [6.45, 7) is 5.42. The highest BCUT2D eigenvalue weighted by Gasteiger charge is 2.10. The van der Waals surface area contributed by atoms with Crippen molar-refractivity contribution >= 4 is 11.9 Å². The van der Waals surface area contributed by atoms with Gasteiger partial charge in [0.2, 0.25) is 5.91 Å². The van der Waals surface area contributed by atoms with E-state index in [9.17, 15) is 14.7 Å². The predicted octanol–water partition coefficient (Wildman–Crippen LogP) is -0.0350. The van der Waals surface area contributed by atoms with Crippen LogP contribution in [0.5, 0.6) is 11.5 Å². The van der Waals surface area contributed by atoms with Crippen LogP contribution in [0.3, 0.4) is 0 Å². The fraction of sp³-hybridized carbons (Fsp3) is 0.556. The Kier molecular flexibility index (Phi) is 9.99. The molecule has 0 aromatic heterocycles.